The molecule has 1 unspecified atom stereocenters. The Hall–Kier alpha value is -1.57. The number of unbranched alkanes of at least 4 members (excludes halogenated alkanes) is 5. The highest BCUT2D eigenvalue weighted by Gasteiger charge is 2.24. The van der Waals surface area contributed by atoms with E-state index in [4.69, 9.17) is 4.74 Å². The van der Waals surface area contributed by atoms with Crippen LogP contribution < -0.4 is 0 Å². The van der Waals surface area contributed by atoms with Gasteiger partial charge in [-0.05, 0) is 80.1 Å². The van der Waals surface area contributed by atoms with Crippen molar-refractivity contribution in [1.82, 2.24) is 0 Å². The molecule has 0 heterocycles. The average Bonchev–Trinajstić information content (AvgIpc) is 2.84. The van der Waals surface area contributed by atoms with Gasteiger partial charge in [-0.3, -0.25) is 0 Å². The maximum absolute atomic E-state index is 12.7. The molecule has 3 rings (SSSR count). The monoisotopic (exact) mass is 438 g/mol. The summed E-state index contributed by atoms with van der Waals surface area (Å²) in [5, 5.41) is 0. The lowest BCUT2D eigenvalue weighted by Crippen LogP contribution is -2.24. The van der Waals surface area contributed by atoms with Gasteiger partial charge in [-0.25, -0.2) is 4.79 Å². The molecule has 1 saturated carbocycles. The predicted molar refractivity (Wildman–Crippen MR) is 136 cm³/mol. The second kappa shape index (κ2) is 13.9. The summed E-state index contributed by atoms with van der Waals surface area (Å²) in [6.07, 6.45) is 22.9. The Balaban J connectivity index is 1.39. The molecule has 1 aromatic carbocycles. The molecule has 1 atom stereocenters. The first kappa shape index (κ1) is 25.1. The number of hydrogen-bond donors (Lipinski definition) is 0. The molecule has 0 saturated heterocycles. The number of esters is 1. The Labute approximate surface area is 197 Å². The van der Waals surface area contributed by atoms with Crippen molar-refractivity contribution in [3.8, 4) is 0 Å². The van der Waals surface area contributed by atoms with Crippen LogP contribution in [0, 0.1) is 11.8 Å². The summed E-state index contributed by atoms with van der Waals surface area (Å²) >= 11 is 0. The van der Waals surface area contributed by atoms with Crippen LogP contribution in [0.1, 0.15) is 133 Å². The van der Waals surface area contributed by atoms with Crippen LogP contribution in [0.15, 0.2) is 30.3 Å². The number of carbonyl (C=O) groups is 1. The van der Waals surface area contributed by atoms with Crippen LogP contribution in [0.4, 0.5) is 0 Å². The van der Waals surface area contributed by atoms with E-state index in [1.165, 1.54) is 101 Å². The van der Waals surface area contributed by atoms with Crippen molar-refractivity contribution < 1.29 is 9.53 Å². The lowest BCUT2D eigenvalue weighted by atomic mass is 9.84. The molecule has 0 aromatic heterocycles. The fourth-order valence-corrected chi connectivity index (χ4v) is 5.52. The number of rotatable bonds is 12. The third-order valence-electron chi connectivity index (χ3n) is 7.76. The van der Waals surface area contributed by atoms with E-state index in [1.54, 1.807) is 0 Å². The van der Waals surface area contributed by atoms with Crippen molar-refractivity contribution >= 4 is 11.5 Å². The summed E-state index contributed by atoms with van der Waals surface area (Å²) in [6.45, 7) is 4.55. The second-order valence-electron chi connectivity index (χ2n) is 10.3. The van der Waals surface area contributed by atoms with Crippen molar-refractivity contribution in [2.75, 3.05) is 0 Å². The number of benzene rings is 1. The van der Waals surface area contributed by atoms with Gasteiger partial charge in [0.25, 0.3) is 0 Å². The van der Waals surface area contributed by atoms with E-state index in [1.807, 2.05) is 12.1 Å². The Bertz CT molecular complexity index is 694. The van der Waals surface area contributed by atoms with Gasteiger partial charge in [-0.15, -0.1) is 0 Å². The van der Waals surface area contributed by atoms with Crippen LogP contribution in [0.3, 0.4) is 0 Å². The molecule has 1 aromatic rings. The lowest BCUT2D eigenvalue weighted by molar-refractivity contribution is 0.0161. The van der Waals surface area contributed by atoms with E-state index in [0.29, 0.717) is 5.56 Å². The second-order valence-corrected chi connectivity index (χ2v) is 10.3. The van der Waals surface area contributed by atoms with E-state index < -0.39 is 0 Å². The smallest absolute Gasteiger partial charge is 0.338 e. The van der Waals surface area contributed by atoms with Gasteiger partial charge in [0.05, 0.1) is 5.56 Å². The molecular formula is C30H46O2. The number of ether oxygens (including phenoxy) is 1. The molecule has 2 nitrogen and oxygen atoms in total. The summed E-state index contributed by atoms with van der Waals surface area (Å²) in [6, 6.07) is 8.15. The van der Waals surface area contributed by atoms with E-state index in [9.17, 15) is 4.79 Å². The van der Waals surface area contributed by atoms with Gasteiger partial charge in [0.15, 0.2) is 0 Å². The van der Waals surface area contributed by atoms with Gasteiger partial charge in [0.1, 0.15) is 6.10 Å². The van der Waals surface area contributed by atoms with Crippen LogP contribution >= 0.6 is 0 Å². The quantitative estimate of drug-likeness (QED) is 0.240. The highest BCUT2D eigenvalue weighted by atomic mass is 16.5. The molecule has 2 aliphatic carbocycles. The minimum atomic E-state index is -0.142. The molecule has 2 aliphatic rings. The Morgan fingerprint density at radius 1 is 0.812 bits per heavy atom. The highest BCUT2D eigenvalue weighted by molar-refractivity contribution is 5.90. The Morgan fingerprint density at radius 3 is 2.16 bits per heavy atom. The normalized spacial score (nSPS) is 23.6. The first-order valence-electron chi connectivity index (χ1n) is 13.7. The van der Waals surface area contributed by atoms with Gasteiger partial charge < -0.3 is 4.74 Å². The molecule has 0 bridgehead atoms. The fraction of sp³-hybridized carbons (Fsp3) is 0.700. The highest BCUT2D eigenvalue weighted by Crippen LogP contribution is 2.33. The predicted octanol–water partition coefficient (Wildman–Crippen LogP) is 9.14. The molecule has 32 heavy (non-hydrogen) atoms. The van der Waals surface area contributed by atoms with E-state index in [0.717, 1.165) is 24.7 Å². The zero-order chi connectivity index (χ0) is 22.6. The molecule has 0 amide bonds. The number of carbonyl (C=O) groups excluding carboxylic acids is 1. The summed E-state index contributed by atoms with van der Waals surface area (Å²) in [5.74, 6) is 1.57. The molecule has 0 N–H and O–H groups in total. The summed E-state index contributed by atoms with van der Waals surface area (Å²) < 4.78 is 5.87. The summed E-state index contributed by atoms with van der Waals surface area (Å²) in [5.41, 5.74) is 3.42. The Kier molecular flexibility index (Phi) is 10.9. The van der Waals surface area contributed by atoms with Crippen molar-refractivity contribution in [1.29, 1.82) is 0 Å². The molecule has 1 fully saturated rings. The number of allylic oxidation sites excluding steroid dienone is 2. The van der Waals surface area contributed by atoms with Crippen LogP contribution in [-0.2, 0) is 4.74 Å². The van der Waals surface area contributed by atoms with Gasteiger partial charge in [-0.2, -0.15) is 0 Å². The summed E-state index contributed by atoms with van der Waals surface area (Å²) in [7, 11) is 0. The number of hydrogen-bond acceptors (Lipinski definition) is 2. The maximum Gasteiger partial charge on any atom is 0.338 e. The fourth-order valence-electron chi connectivity index (χ4n) is 5.52. The van der Waals surface area contributed by atoms with Gasteiger partial charge >= 0.3 is 5.97 Å². The van der Waals surface area contributed by atoms with Gasteiger partial charge in [0, 0.05) is 0 Å². The third-order valence-corrected chi connectivity index (χ3v) is 7.76. The van der Waals surface area contributed by atoms with Crippen molar-refractivity contribution in [3.63, 3.8) is 0 Å². The standard InChI is InChI=1S/C30H46O2/c1-3-5-7-8-9-11-25-14-22-29(23-15-25)32-30(31)28-20-18-27(19-21-28)26-16-12-24(13-17-26)10-6-4-2/h16,18-21,24-25,29H,3-15,17,22-23H2,1-2H3/t24?,25-,29-. The third kappa shape index (κ3) is 8.09. The molecule has 2 heteroatoms. The minimum absolute atomic E-state index is 0.111. The Morgan fingerprint density at radius 2 is 1.50 bits per heavy atom. The van der Waals surface area contributed by atoms with Crippen molar-refractivity contribution in [2.24, 2.45) is 11.8 Å². The van der Waals surface area contributed by atoms with Gasteiger partial charge in [-0.1, -0.05) is 89.8 Å². The summed E-state index contributed by atoms with van der Waals surface area (Å²) in [4.78, 5) is 12.7. The van der Waals surface area contributed by atoms with E-state index in [-0.39, 0.29) is 12.1 Å². The van der Waals surface area contributed by atoms with Crippen molar-refractivity contribution in [2.45, 2.75) is 123 Å². The maximum atomic E-state index is 12.7. The first-order chi connectivity index (χ1) is 15.7. The minimum Gasteiger partial charge on any atom is -0.459 e. The zero-order valence-corrected chi connectivity index (χ0v) is 20.7. The van der Waals surface area contributed by atoms with Crippen LogP contribution in [0.25, 0.3) is 5.57 Å². The van der Waals surface area contributed by atoms with E-state index >= 15 is 0 Å². The molecular weight excluding hydrogens is 392 g/mol. The van der Waals surface area contributed by atoms with Crippen LogP contribution in [0.2, 0.25) is 0 Å². The molecule has 0 spiro atoms. The first-order valence-corrected chi connectivity index (χ1v) is 13.7. The SMILES string of the molecule is CCCCCCC[C@H]1CC[C@H](OC(=O)c2ccc(C3=CCC(CCCC)CC3)cc2)CC1. The topological polar surface area (TPSA) is 26.3 Å². The largest absolute Gasteiger partial charge is 0.459 e. The van der Waals surface area contributed by atoms with Crippen LogP contribution in [-0.4, -0.2) is 12.1 Å². The lowest BCUT2D eigenvalue weighted by Gasteiger charge is -2.28. The average molecular weight is 439 g/mol. The van der Waals surface area contributed by atoms with Crippen LogP contribution in [0.5, 0.6) is 0 Å². The molecule has 0 radical (unpaired) electrons. The molecule has 0 aliphatic heterocycles. The van der Waals surface area contributed by atoms with Crippen molar-refractivity contribution in [3.05, 3.63) is 41.5 Å². The zero-order valence-electron chi connectivity index (χ0n) is 20.7. The van der Waals surface area contributed by atoms with E-state index in [2.05, 4.69) is 32.1 Å². The van der Waals surface area contributed by atoms with Gasteiger partial charge in [0.2, 0.25) is 0 Å². The molecule has 178 valence electrons.